The summed E-state index contributed by atoms with van der Waals surface area (Å²) in [5.41, 5.74) is 0.820. The van der Waals surface area contributed by atoms with Crippen LogP contribution in [0, 0.1) is 0 Å². The van der Waals surface area contributed by atoms with E-state index < -0.39 is 16.1 Å². The number of hydrogen-bond acceptors (Lipinski definition) is 5. The van der Waals surface area contributed by atoms with Crippen LogP contribution in [0.15, 0.2) is 60.1 Å². The molecule has 1 aliphatic heterocycles. The molecule has 6 nitrogen and oxygen atoms in total. The van der Waals surface area contributed by atoms with Gasteiger partial charge in [0.25, 0.3) is 0 Å². The number of ether oxygens (including phenoxy) is 2. The van der Waals surface area contributed by atoms with Gasteiger partial charge < -0.3 is 9.47 Å². The van der Waals surface area contributed by atoms with Gasteiger partial charge in [-0.3, -0.25) is 0 Å². The quantitative estimate of drug-likeness (QED) is 0.855. The standard InChI is InChI=1S/C18H20N2O4S/c21-25(22,13-10-15-6-2-1-3-7-15)20-16-9-12-23-14-17(16)24-18-8-4-5-11-19-18/h1-8,10-11,13,16-17,20H,9,12,14H2/t16-,17-/m1/s1. The van der Waals surface area contributed by atoms with Crippen LogP contribution in [0.2, 0.25) is 0 Å². The summed E-state index contributed by atoms with van der Waals surface area (Å²) in [4.78, 5) is 4.11. The normalized spacial score (nSPS) is 21.3. The van der Waals surface area contributed by atoms with Gasteiger partial charge in [-0.1, -0.05) is 36.4 Å². The fourth-order valence-electron chi connectivity index (χ4n) is 2.52. The van der Waals surface area contributed by atoms with Gasteiger partial charge in [0.2, 0.25) is 15.9 Å². The van der Waals surface area contributed by atoms with E-state index in [1.165, 1.54) is 5.41 Å². The Bertz CT molecular complexity index is 794. The SMILES string of the molecule is O=S(=O)(C=Cc1ccccc1)N[C@@H]1CCOC[C@H]1Oc1ccccn1. The number of rotatable bonds is 6. The summed E-state index contributed by atoms with van der Waals surface area (Å²) >= 11 is 0. The maximum absolute atomic E-state index is 12.4. The second-order valence-corrected chi connectivity index (χ2v) is 7.27. The molecule has 1 saturated heterocycles. The number of nitrogens with zero attached hydrogens (tertiary/aromatic N) is 1. The third-order valence-electron chi connectivity index (χ3n) is 3.77. The van der Waals surface area contributed by atoms with Crippen LogP contribution in [-0.4, -0.2) is 38.8 Å². The average molecular weight is 360 g/mol. The lowest BCUT2D eigenvalue weighted by Crippen LogP contribution is -2.50. The number of pyridine rings is 1. The Hall–Kier alpha value is -2.22. The number of benzene rings is 1. The van der Waals surface area contributed by atoms with Crippen LogP contribution in [0.5, 0.6) is 5.88 Å². The van der Waals surface area contributed by atoms with Gasteiger partial charge in [0.05, 0.1) is 12.6 Å². The minimum absolute atomic E-state index is 0.312. The molecule has 2 heterocycles. The highest BCUT2D eigenvalue weighted by Crippen LogP contribution is 2.16. The third kappa shape index (κ3) is 5.38. The zero-order valence-electron chi connectivity index (χ0n) is 13.6. The first-order valence-corrected chi connectivity index (χ1v) is 9.58. The Morgan fingerprint density at radius 1 is 1.16 bits per heavy atom. The monoisotopic (exact) mass is 360 g/mol. The van der Waals surface area contributed by atoms with Crippen molar-refractivity contribution in [2.45, 2.75) is 18.6 Å². The molecular weight excluding hydrogens is 340 g/mol. The first-order valence-electron chi connectivity index (χ1n) is 8.03. The van der Waals surface area contributed by atoms with E-state index >= 15 is 0 Å². The molecule has 7 heteroatoms. The highest BCUT2D eigenvalue weighted by molar-refractivity contribution is 7.92. The summed E-state index contributed by atoms with van der Waals surface area (Å²) < 4.78 is 38.6. The summed E-state index contributed by atoms with van der Waals surface area (Å²) in [7, 11) is -3.59. The van der Waals surface area contributed by atoms with Gasteiger partial charge in [-0.2, -0.15) is 0 Å². The summed E-state index contributed by atoms with van der Waals surface area (Å²) in [6.45, 7) is 0.795. The van der Waals surface area contributed by atoms with Crippen LogP contribution in [0.4, 0.5) is 0 Å². The lowest BCUT2D eigenvalue weighted by Gasteiger charge is -2.31. The van der Waals surface area contributed by atoms with Crippen molar-refractivity contribution in [3.63, 3.8) is 0 Å². The molecule has 1 aromatic carbocycles. The topological polar surface area (TPSA) is 77.5 Å². The van der Waals surface area contributed by atoms with Gasteiger partial charge in [-0.15, -0.1) is 0 Å². The first kappa shape index (κ1) is 17.6. The molecule has 132 valence electrons. The van der Waals surface area contributed by atoms with E-state index in [1.807, 2.05) is 36.4 Å². The van der Waals surface area contributed by atoms with Crippen molar-refractivity contribution in [2.24, 2.45) is 0 Å². The van der Waals surface area contributed by atoms with Crippen LogP contribution in [-0.2, 0) is 14.8 Å². The maximum Gasteiger partial charge on any atom is 0.234 e. The Morgan fingerprint density at radius 3 is 2.72 bits per heavy atom. The van der Waals surface area contributed by atoms with Gasteiger partial charge in [-0.25, -0.2) is 18.1 Å². The molecule has 0 spiro atoms. The fourth-order valence-corrected chi connectivity index (χ4v) is 3.62. The van der Waals surface area contributed by atoms with E-state index in [2.05, 4.69) is 9.71 Å². The van der Waals surface area contributed by atoms with Crippen molar-refractivity contribution >= 4 is 16.1 Å². The molecule has 0 unspecified atom stereocenters. The van der Waals surface area contributed by atoms with Crippen molar-refractivity contribution in [3.8, 4) is 5.88 Å². The Morgan fingerprint density at radius 2 is 1.96 bits per heavy atom. The molecule has 0 radical (unpaired) electrons. The molecule has 3 rings (SSSR count). The Kier molecular flexibility index (Phi) is 5.80. The van der Waals surface area contributed by atoms with Crippen molar-refractivity contribution in [2.75, 3.05) is 13.2 Å². The van der Waals surface area contributed by atoms with Crippen LogP contribution in [0.1, 0.15) is 12.0 Å². The number of hydrogen-bond donors (Lipinski definition) is 1. The fraction of sp³-hybridized carbons (Fsp3) is 0.278. The van der Waals surface area contributed by atoms with Gasteiger partial charge in [0.15, 0.2) is 0 Å². The van der Waals surface area contributed by atoms with Gasteiger partial charge in [0, 0.05) is 24.3 Å². The summed E-state index contributed by atoms with van der Waals surface area (Å²) in [6, 6.07) is 14.2. The van der Waals surface area contributed by atoms with Crippen molar-refractivity contribution in [1.29, 1.82) is 0 Å². The van der Waals surface area contributed by atoms with Crippen LogP contribution in [0.25, 0.3) is 6.08 Å². The maximum atomic E-state index is 12.4. The molecule has 1 aliphatic rings. The van der Waals surface area contributed by atoms with Crippen LogP contribution >= 0.6 is 0 Å². The number of sulfonamides is 1. The molecule has 2 aromatic rings. The first-order chi connectivity index (χ1) is 12.1. The van der Waals surface area contributed by atoms with E-state index in [-0.39, 0.29) is 6.04 Å². The van der Waals surface area contributed by atoms with E-state index in [4.69, 9.17) is 9.47 Å². The van der Waals surface area contributed by atoms with Gasteiger partial charge >= 0.3 is 0 Å². The van der Waals surface area contributed by atoms with Crippen molar-refractivity contribution in [1.82, 2.24) is 9.71 Å². The predicted octanol–water partition coefficient (Wildman–Crippen LogP) is 2.21. The van der Waals surface area contributed by atoms with E-state index in [0.717, 1.165) is 5.56 Å². The lowest BCUT2D eigenvalue weighted by molar-refractivity contribution is -0.0110. The lowest BCUT2D eigenvalue weighted by atomic mass is 10.1. The minimum atomic E-state index is -3.59. The molecule has 2 atom stereocenters. The van der Waals surface area contributed by atoms with E-state index in [0.29, 0.717) is 25.5 Å². The minimum Gasteiger partial charge on any atom is -0.470 e. The van der Waals surface area contributed by atoms with E-state index in [1.54, 1.807) is 24.4 Å². The second kappa shape index (κ2) is 8.24. The predicted molar refractivity (Wildman–Crippen MR) is 95.4 cm³/mol. The van der Waals surface area contributed by atoms with E-state index in [9.17, 15) is 8.42 Å². The highest BCUT2D eigenvalue weighted by atomic mass is 32.2. The largest absolute Gasteiger partial charge is 0.470 e. The summed E-state index contributed by atoms with van der Waals surface area (Å²) in [6.07, 6.45) is 3.30. The van der Waals surface area contributed by atoms with Crippen molar-refractivity contribution in [3.05, 3.63) is 65.7 Å². The summed E-state index contributed by atoms with van der Waals surface area (Å²) in [5.74, 6) is 0.446. The molecular formula is C18H20N2O4S. The van der Waals surface area contributed by atoms with Crippen LogP contribution in [0.3, 0.4) is 0 Å². The zero-order valence-corrected chi connectivity index (χ0v) is 14.4. The highest BCUT2D eigenvalue weighted by Gasteiger charge is 2.30. The van der Waals surface area contributed by atoms with Gasteiger partial charge in [0.1, 0.15) is 6.10 Å². The molecule has 0 aliphatic carbocycles. The molecule has 1 fully saturated rings. The Balaban J connectivity index is 1.67. The second-order valence-electron chi connectivity index (χ2n) is 5.67. The molecule has 1 N–H and O–H groups in total. The average Bonchev–Trinajstić information content (AvgIpc) is 2.63. The summed E-state index contributed by atoms with van der Waals surface area (Å²) in [5, 5.41) is 1.18. The van der Waals surface area contributed by atoms with Crippen molar-refractivity contribution < 1.29 is 17.9 Å². The zero-order chi connectivity index (χ0) is 17.5. The molecule has 0 saturated carbocycles. The molecule has 0 amide bonds. The molecule has 0 bridgehead atoms. The smallest absolute Gasteiger partial charge is 0.234 e. The third-order valence-corrected chi connectivity index (χ3v) is 4.89. The van der Waals surface area contributed by atoms with Crippen LogP contribution < -0.4 is 9.46 Å². The molecule has 25 heavy (non-hydrogen) atoms. The Labute approximate surface area is 147 Å². The van der Waals surface area contributed by atoms with Gasteiger partial charge in [-0.05, 0) is 24.1 Å². The number of nitrogens with one attached hydrogen (secondary N) is 1. The number of aromatic nitrogens is 1. The molecule has 1 aromatic heterocycles.